The molecule has 1 fully saturated rings. The summed E-state index contributed by atoms with van der Waals surface area (Å²) in [5, 5.41) is 8.83. The van der Waals surface area contributed by atoms with Crippen LogP contribution in [0.3, 0.4) is 0 Å². The molecule has 2 N–H and O–H groups in total. The monoisotopic (exact) mass is 377 g/mol. The number of rotatable bonds is 6. The Hall–Kier alpha value is -1.24. The highest BCUT2D eigenvalue weighted by Gasteiger charge is 2.30. The number of hydrogen-bond donors (Lipinski definition) is 1. The summed E-state index contributed by atoms with van der Waals surface area (Å²) >= 11 is 0. The first-order chi connectivity index (χ1) is 11.0. The molecule has 0 aromatic heterocycles. The van der Waals surface area contributed by atoms with Crippen molar-refractivity contribution in [3.05, 3.63) is 29.6 Å². The second-order valence-corrected chi connectivity index (χ2v) is 7.31. The molecule has 2 rings (SSSR count). The van der Waals surface area contributed by atoms with Gasteiger partial charge >= 0.3 is 0 Å². The summed E-state index contributed by atoms with van der Waals surface area (Å²) in [6.07, 6.45) is 2.04. The number of ether oxygens (including phenoxy) is 1. The van der Waals surface area contributed by atoms with Crippen molar-refractivity contribution >= 4 is 22.4 Å². The van der Waals surface area contributed by atoms with E-state index in [2.05, 4.69) is 0 Å². The molecule has 0 unspecified atom stereocenters. The first kappa shape index (κ1) is 20.8. The molecule has 0 atom stereocenters. The maximum Gasteiger partial charge on any atom is 0.243 e. The van der Waals surface area contributed by atoms with E-state index >= 15 is 0 Å². The molecule has 1 aliphatic rings. The van der Waals surface area contributed by atoms with Crippen molar-refractivity contribution < 1.29 is 17.5 Å². The van der Waals surface area contributed by atoms with Gasteiger partial charge in [-0.05, 0) is 44.0 Å². The van der Waals surface area contributed by atoms with E-state index in [0.717, 1.165) is 18.6 Å². The molecule has 0 bridgehead atoms. The SMILES string of the molecule is Cl.N#Cc1cc(S(=O)(=O)N2CCC(OCCCN)CC2)ccc1F. The highest BCUT2D eigenvalue weighted by atomic mass is 35.5. The molecule has 1 heterocycles. The summed E-state index contributed by atoms with van der Waals surface area (Å²) in [4.78, 5) is -0.0575. The largest absolute Gasteiger partial charge is 0.378 e. The molecular weight excluding hydrogens is 357 g/mol. The van der Waals surface area contributed by atoms with E-state index in [-0.39, 0.29) is 29.0 Å². The molecule has 0 saturated carbocycles. The number of nitrogens with zero attached hydrogens (tertiary/aromatic N) is 2. The van der Waals surface area contributed by atoms with Crippen LogP contribution < -0.4 is 5.73 Å². The lowest BCUT2D eigenvalue weighted by Crippen LogP contribution is -2.41. The second kappa shape index (κ2) is 9.30. The zero-order valence-corrected chi connectivity index (χ0v) is 14.8. The van der Waals surface area contributed by atoms with Gasteiger partial charge in [0.05, 0.1) is 16.6 Å². The van der Waals surface area contributed by atoms with E-state index in [4.69, 9.17) is 15.7 Å². The predicted octanol–water partition coefficient (Wildman–Crippen LogP) is 1.64. The Morgan fingerprint density at radius 2 is 2.04 bits per heavy atom. The Balaban J connectivity index is 0.00000288. The molecule has 0 aliphatic carbocycles. The second-order valence-electron chi connectivity index (χ2n) is 5.37. The zero-order valence-electron chi connectivity index (χ0n) is 13.2. The molecule has 1 saturated heterocycles. The van der Waals surface area contributed by atoms with Crippen molar-refractivity contribution in [3.63, 3.8) is 0 Å². The molecule has 1 aromatic rings. The molecule has 0 amide bonds. The average Bonchev–Trinajstić information content (AvgIpc) is 2.56. The first-order valence-corrected chi connectivity index (χ1v) is 8.94. The van der Waals surface area contributed by atoms with Gasteiger partial charge in [-0.1, -0.05) is 0 Å². The van der Waals surface area contributed by atoms with Crippen molar-refractivity contribution in [3.8, 4) is 6.07 Å². The third-order valence-electron chi connectivity index (χ3n) is 3.80. The number of hydrogen-bond acceptors (Lipinski definition) is 5. The van der Waals surface area contributed by atoms with Crippen molar-refractivity contribution in [2.75, 3.05) is 26.2 Å². The molecule has 0 spiro atoms. The minimum atomic E-state index is -3.72. The van der Waals surface area contributed by atoms with E-state index in [9.17, 15) is 12.8 Å². The van der Waals surface area contributed by atoms with Crippen LogP contribution in [0.4, 0.5) is 4.39 Å². The summed E-state index contributed by atoms with van der Waals surface area (Å²) in [5.74, 6) is -0.724. The van der Waals surface area contributed by atoms with Crippen LogP contribution in [-0.4, -0.2) is 45.1 Å². The van der Waals surface area contributed by atoms with Gasteiger partial charge in [0.15, 0.2) is 0 Å². The Bertz CT molecular complexity index is 686. The highest BCUT2D eigenvalue weighted by Crippen LogP contribution is 2.23. The third-order valence-corrected chi connectivity index (χ3v) is 5.69. The van der Waals surface area contributed by atoms with E-state index in [1.807, 2.05) is 0 Å². The van der Waals surface area contributed by atoms with Gasteiger partial charge in [0.25, 0.3) is 0 Å². The van der Waals surface area contributed by atoms with Crippen molar-refractivity contribution in [1.29, 1.82) is 5.26 Å². The van der Waals surface area contributed by atoms with Crippen LogP contribution in [0, 0.1) is 17.1 Å². The molecule has 24 heavy (non-hydrogen) atoms. The fraction of sp³-hybridized carbons (Fsp3) is 0.533. The summed E-state index contributed by atoms with van der Waals surface area (Å²) in [5.41, 5.74) is 5.13. The van der Waals surface area contributed by atoms with Crippen LogP contribution in [0.25, 0.3) is 0 Å². The summed E-state index contributed by atoms with van der Waals surface area (Å²) in [6.45, 7) is 1.83. The summed E-state index contributed by atoms with van der Waals surface area (Å²) < 4.78 is 45.5. The summed E-state index contributed by atoms with van der Waals surface area (Å²) in [7, 11) is -3.72. The van der Waals surface area contributed by atoms with Crippen LogP contribution >= 0.6 is 12.4 Å². The smallest absolute Gasteiger partial charge is 0.243 e. The number of sulfonamides is 1. The van der Waals surface area contributed by atoms with Crippen LogP contribution in [-0.2, 0) is 14.8 Å². The van der Waals surface area contributed by atoms with Gasteiger partial charge in [0.2, 0.25) is 10.0 Å². The predicted molar refractivity (Wildman–Crippen MR) is 89.8 cm³/mol. The Morgan fingerprint density at radius 1 is 1.38 bits per heavy atom. The maximum atomic E-state index is 13.3. The Labute approximate surface area is 147 Å². The first-order valence-electron chi connectivity index (χ1n) is 7.50. The van der Waals surface area contributed by atoms with Gasteiger partial charge in [0.1, 0.15) is 11.9 Å². The number of halogens is 2. The number of benzene rings is 1. The lowest BCUT2D eigenvalue weighted by atomic mass is 10.1. The molecule has 0 radical (unpaired) electrons. The highest BCUT2D eigenvalue weighted by molar-refractivity contribution is 7.89. The van der Waals surface area contributed by atoms with Crippen LogP contribution in [0.2, 0.25) is 0 Å². The van der Waals surface area contributed by atoms with Gasteiger partial charge in [0, 0.05) is 19.7 Å². The molecule has 6 nitrogen and oxygen atoms in total. The normalized spacial score (nSPS) is 16.4. The average molecular weight is 378 g/mol. The lowest BCUT2D eigenvalue weighted by Gasteiger charge is -2.31. The Morgan fingerprint density at radius 3 is 2.62 bits per heavy atom. The standard InChI is InChI=1S/C15H20FN3O3S.ClH/c16-15-3-2-14(10-12(15)11-18)23(20,21)19-7-4-13(5-8-19)22-9-1-6-17;/h2-3,10,13H,1,4-9,17H2;1H. The molecule has 1 aromatic carbocycles. The minimum Gasteiger partial charge on any atom is -0.378 e. The topological polar surface area (TPSA) is 96.4 Å². The molecule has 9 heteroatoms. The maximum absolute atomic E-state index is 13.3. The van der Waals surface area contributed by atoms with Crippen LogP contribution in [0.15, 0.2) is 23.1 Å². The van der Waals surface area contributed by atoms with Crippen molar-refractivity contribution in [2.24, 2.45) is 5.73 Å². The van der Waals surface area contributed by atoms with Gasteiger partial charge in [-0.25, -0.2) is 12.8 Å². The van der Waals surface area contributed by atoms with Crippen molar-refractivity contribution in [2.45, 2.75) is 30.3 Å². The molecule has 134 valence electrons. The van der Waals surface area contributed by atoms with Gasteiger partial charge in [-0.3, -0.25) is 0 Å². The minimum absolute atomic E-state index is 0. The van der Waals surface area contributed by atoms with E-state index in [1.165, 1.54) is 10.4 Å². The fourth-order valence-electron chi connectivity index (χ4n) is 2.47. The van der Waals surface area contributed by atoms with Crippen LogP contribution in [0.1, 0.15) is 24.8 Å². The lowest BCUT2D eigenvalue weighted by molar-refractivity contribution is 0.0209. The van der Waals surface area contributed by atoms with Crippen molar-refractivity contribution in [1.82, 2.24) is 4.31 Å². The Kier molecular flexibility index (Phi) is 8.06. The summed E-state index contributed by atoms with van der Waals surface area (Å²) in [6, 6.07) is 4.93. The van der Waals surface area contributed by atoms with Gasteiger partial charge in [-0.15, -0.1) is 12.4 Å². The van der Waals surface area contributed by atoms with Gasteiger partial charge < -0.3 is 10.5 Å². The number of nitrogens with two attached hydrogens (primary N) is 1. The van der Waals surface area contributed by atoms with Crippen LogP contribution in [0.5, 0.6) is 0 Å². The third kappa shape index (κ3) is 4.88. The fourth-order valence-corrected chi connectivity index (χ4v) is 3.97. The quantitative estimate of drug-likeness (QED) is 0.760. The van der Waals surface area contributed by atoms with E-state index in [1.54, 1.807) is 6.07 Å². The molecule has 1 aliphatic heterocycles. The van der Waals surface area contributed by atoms with Gasteiger partial charge in [-0.2, -0.15) is 9.57 Å². The molecular formula is C15H21ClFN3O3S. The zero-order chi connectivity index (χ0) is 16.9. The number of nitriles is 1. The van der Waals surface area contributed by atoms with E-state index < -0.39 is 15.8 Å². The number of piperidine rings is 1. The van der Waals surface area contributed by atoms with E-state index in [0.29, 0.717) is 39.1 Å².